The van der Waals surface area contributed by atoms with Crippen molar-refractivity contribution in [3.8, 4) is 0 Å². The molecule has 1 amide bonds. The Balaban J connectivity index is 1.38. The van der Waals surface area contributed by atoms with E-state index in [0.29, 0.717) is 47.3 Å². The maximum atomic E-state index is 13.2. The van der Waals surface area contributed by atoms with E-state index in [0.717, 1.165) is 54.5 Å². The van der Waals surface area contributed by atoms with Gasteiger partial charge in [0.15, 0.2) is 5.69 Å². The molecule has 2 saturated heterocycles. The van der Waals surface area contributed by atoms with Gasteiger partial charge in [0.2, 0.25) is 0 Å². The molecule has 194 valence electrons. The summed E-state index contributed by atoms with van der Waals surface area (Å²) in [6.07, 6.45) is 5.09. The van der Waals surface area contributed by atoms with E-state index >= 15 is 0 Å². The first-order valence-corrected chi connectivity index (χ1v) is 13.6. The molecule has 1 aromatic carbocycles. The highest BCUT2D eigenvalue weighted by Crippen LogP contribution is 2.34. The van der Waals surface area contributed by atoms with Crippen molar-refractivity contribution >= 4 is 27.5 Å². The first kappa shape index (κ1) is 26.5. The molecule has 0 N–H and O–H groups in total. The lowest BCUT2D eigenvalue weighted by Crippen LogP contribution is -2.57. The van der Waals surface area contributed by atoms with E-state index < -0.39 is 0 Å². The Morgan fingerprint density at radius 1 is 1.19 bits per heavy atom. The zero-order valence-electron chi connectivity index (χ0n) is 21.7. The number of aromatic nitrogens is 2. The Kier molecular flexibility index (Phi) is 8.30. The number of aryl methyl sites for hydroxylation is 1. The molecule has 0 bridgehead atoms. The van der Waals surface area contributed by atoms with Crippen LogP contribution in [0.25, 0.3) is 0 Å². The van der Waals surface area contributed by atoms with Gasteiger partial charge in [-0.3, -0.25) is 9.69 Å². The smallest absolute Gasteiger partial charge is 0.289 e. The van der Waals surface area contributed by atoms with E-state index in [9.17, 15) is 10.0 Å². The number of hydrogen-bond acceptors (Lipinski definition) is 6. The van der Waals surface area contributed by atoms with E-state index in [1.807, 2.05) is 24.0 Å². The highest BCUT2D eigenvalue weighted by Gasteiger charge is 2.40. The van der Waals surface area contributed by atoms with Crippen molar-refractivity contribution in [2.75, 3.05) is 32.8 Å². The number of piperidine rings is 2. The Morgan fingerprint density at radius 3 is 2.44 bits per heavy atom. The third-order valence-corrected chi connectivity index (χ3v) is 8.36. The Morgan fingerprint density at radius 2 is 1.83 bits per heavy atom. The summed E-state index contributed by atoms with van der Waals surface area (Å²) in [6.45, 7) is 11.7. The lowest BCUT2D eigenvalue weighted by atomic mass is 9.82. The molecule has 9 heteroatoms. The van der Waals surface area contributed by atoms with Crippen LogP contribution >= 0.6 is 15.9 Å². The van der Waals surface area contributed by atoms with Crippen LogP contribution < -0.4 is 4.73 Å². The largest absolute Gasteiger partial charge is 0.711 e. The van der Waals surface area contributed by atoms with Crippen LogP contribution in [0, 0.1) is 25.0 Å². The van der Waals surface area contributed by atoms with Crippen molar-refractivity contribution in [1.82, 2.24) is 14.8 Å². The molecule has 3 heterocycles. The van der Waals surface area contributed by atoms with Crippen LogP contribution in [0.4, 0.5) is 0 Å². The van der Waals surface area contributed by atoms with Crippen LogP contribution in [0.3, 0.4) is 0 Å². The average molecular weight is 559 g/mol. The number of rotatable bonds is 6. The van der Waals surface area contributed by atoms with Gasteiger partial charge in [0.25, 0.3) is 12.2 Å². The number of amides is 1. The summed E-state index contributed by atoms with van der Waals surface area (Å²) in [5.74, 6) is 0.268. The van der Waals surface area contributed by atoms with Crippen molar-refractivity contribution < 1.29 is 14.4 Å². The van der Waals surface area contributed by atoms with E-state index in [-0.39, 0.29) is 11.4 Å². The van der Waals surface area contributed by atoms with Crippen molar-refractivity contribution in [2.24, 2.45) is 11.1 Å². The number of likely N-dealkylation sites (tertiary alicyclic amines) is 2. The maximum Gasteiger partial charge on any atom is 0.289 e. The van der Waals surface area contributed by atoms with Gasteiger partial charge in [0.1, 0.15) is 17.9 Å². The Labute approximate surface area is 222 Å². The molecule has 2 aliphatic rings. The van der Waals surface area contributed by atoms with Crippen molar-refractivity contribution in [2.45, 2.75) is 58.9 Å². The maximum absolute atomic E-state index is 13.2. The van der Waals surface area contributed by atoms with Gasteiger partial charge in [-0.25, -0.2) is 4.73 Å². The van der Waals surface area contributed by atoms with Gasteiger partial charge < -0.3 is 14.9 Å². The number of benzene rings is 1. The fraction of sp³-hybridized carbons (Fsp3) is 0.556. The van der Waals surface area contributed by atoms with Gasteiger partial charge in [-0.05, 0) is 77.2 Å². The highest BCUT2D eigenvalue weighted by atomic mass is 79.9. The van der Waals surface area contributed by atoms with E-state index in [4.69, 9.17) is 4.84 Å². The predicted molar refractivity (Wildman–Crippen MR) is 143 cm³/mol. The minimum atomic E-state index is -0.0882. The van der Waals surface area contributed by atoms with E-state index in [1.54, 1.807) is 13.8 Å². The quantitative estimate of drug-likeness (QED) is 0.229. The summed E-state index contributed by atoms with van der Waals surface area (Å²) in [4.78, 5) is 27.3. The molecule has 0 unspecified atom stereocenters. The zero-order chi connectivity index (χ0) is 25.9. The van der Waals surface area contributed by atoms with Crippen LogP contribution in [0.1, 0.15) is 66.8 Å². The SMILES string of the molecule is CCO/N=C(\c1ccc(Br)cc1)C1CCN(C2(C)CCN(C(=O)c3c(C)nc[n+]([O-])c3C)CC2)CC1. The van der Waals surface area contributed by atoms with E-state index in [2.05, 4.69) is 50.0 Å². The molecular formula is C27H36BrN5O3. The molecule has 4 rings (SSSR count). The van der Waals surface area contributed by atoms with E-state index in [1.165, 1.54) is 6.33 Å². The Hall–Kier alpha value is -2.52. The van der Waals surface area contributed by atoms with Crippen LogP contribution in [0.5, 0.6) is 0 Å². The average Bonchev–Trinajstić information content (AvgIpc) is 2.88. The second-order valence-corrected chi connectivity index (χ2v) is 11.0. The van der Waals surface area contributed by atoms with Gasteiger partial charge >= 0.3 is 0 Å². The fourth-order valence-corrected chi connectivity index (χ4v) is 5.71. The van der Waals surface area contributed by atoms with Gasteiger partial charge in [-0.15, -0.1) is 0 Å². The van der Waals surface area contributed by atoms with Gasteiger partial charge in [0.05, 0.1) is 5.71 Å². The van der Waals surface area contributed by atoms with Crippen LogP contribution in [0.15, 0.2) is 40.2 Å². The number of oxime groups is 1. The summed E-state index contributed by atoms with van der Waals surface area (Å²) < 4.78 is 1.73. The summed E-state index contributed by atoms with van der Waals surface area (Å²) in [6, 6.07) is 8.30. The van der Waals surface area contributed by atoms with Crippen molar-refractivity contribution in [3.05, 3.63) is 62.8 Å². The molecule has 0 spiro atoms. The number of carbonyl (C=O) groups is 1. The summed E-state index contributed by atoms with van der Waals surface area (Å²) in [7, 11) is 0. The standard InChI is InChI=1S/C27H36BrN5O3/c1-5-36-30-25(21-6-8-23(28)9-7-21)22-10-14-32(15-11-22)27(4)12-16-31(17-13-27)26(34)24-19(2)29-18-33(35)20(24)3/h6-9,18,22H,5,10-17H2,1-4H3/b30-25+. The first-order valence-electron chi connectivity index (χ1n) is 12.8. The molecule has 2 fully saturated rings. The minimum Gasteiger partial charge on any atom is -0.711 e. The number of hydrogen-bond donors (Lipinski definition) is 0. The molecule has 0 saturated carbocycles. The molecule has 1 aromatic heterocycles. The summed E-state index contributed by atoms with van der Waals surface area (Å²) in [5.41, 5.74) is 3.66. The summed E-state index contributed by atoms with van der Waals surface area (Å²) in [5, 5.41) is 16.5. The van der Waals surface area contributed by atoms with Crippen LogP contribution in [0.2, 0.25) is 0 Å². The lowest BCUT2D eigenvalue weighted by molar-refractivity contribution is -0.615. The first-order chi connectivity index (χ1) is 17.2. The Bertz CT molecular complexity index is 1110. The lowest BCUT2D eigenvalue weighted by Gasteiger charge is -2.49. The molecule has 36 heavy (non-hydrogen) atoms. The molecule has 2 aliphatic heterocycles. The molecule has 2 aromatic rings. The third-order valence-electron chi connectivity index (χ3n) is 7.83. The van der Waals surface area contributed by atoms with Gasteiger partial charge in [-0.2, -0.15) is 0 Å². The van der Waals surface area contributed by atoms with Crippen LogP contribution in [-0.2, 0) is 4.84 Å². The second kappa shape index (κ2) is 11.3. The monoisotopic (exact) mass is 557 g/mol. The van der Waals surface area contributed by atoms with Crippen LogP contribution in [-0.4, -0.2) is 64.7 Å². The number of carbonyl (C=O) groups excluding carboxylic acids is 1. The highest BCUT2D eigenvalue weighted by molar-refractivity contribution is 9.10. The van der Waals surface area contributed by atoms with Crippen molar-refractivity contribution in [3.63, 3.8) is 0 Å². The predicted octanol–water partition coefficient (Wildman–Crippen LogP) is 4.24. The molecule has 0 atom stereocenters. The zero-order valence-corrected chi connectivity index (χ0v) is 23.3. The fourth-order valence-electron chi connectivity index (χ4n) is 5.45. The summed E-state index contributed by atoms with van der Waals surface area (Å²) >= 11 is 3.52. The number of halogens is 1. The minimum absolute atomic E-state index is 0.0497. The molecule has 8 nitrogen and oxygen atoms in total. The van der Waals surface area contributed by atoms with Gasteiger partial charge in [-0.1, -0.05) is 38.2 Å². The molecular weight excluding hydrogens is 522 g/mol. The van der Waals surface area contributed by atoms with Gasteiger partial charge in [0, 0.05) is 35.9 Å². The molecule has 0 radical (unpaired) electrons. The number of nitrogens with zero attached hydrogens (tertiary/aromatic N) is 5. The molecule has 0 aliphatic carbocycles. The van der Waals surface area contributed by atoms with Crippen molar-refractivity contribution in [1.29, 1.82) is 0 Å². The topological polar surface area (TPSA) is 85.0 Å². The third kappa shape index (κ3) is 5.57. The normalized spacial score (nSPS) is 19.4. The second-order valence-electron chi connectivity index (χ2n) is 10.1.